The fourth-order valence-corrected chi connectivity index (χ4v) is 2.72. The van der Waals surface area contributed by atoms with Gasteiger partial charge in [0.15, 0.2) is 5.13 Å². The molecule has 0 saturated carbocycles. The summed E-state index contributed by atoms with van der Waals surface area (Å²) in [5.74, 6) is -1.02. The number of carboxylic acids is 1. The Balaban J connectivity index is 2.12. The summed E-state index contributed by atoms with van der Waals surface area (Å²) in [6, 6.07) is 6.23. The number of benzene rings is 1. The van der Waals surface area contributed by atoms with Gasteiger partial charge in [-0.1, -0.05) is 30.4 Å². The highest BCUT2D eigenvalue weighted by Gasteiger charge is 2.25. The highest BCUT2D eigenvalue weighted by molar-refractivity contribution is 7.22. The number of carboxylic acid groups (broad SMARTS) is 1. The van der Waals surface area contributed by atoms with E-state index in [1.165, 1.54) is 23.3 Å². The van der Waals surface area contributed by atoms with Crippen LogP contribution >= 0.6 is 11.3 Å². The molecule has 0 spiro atoms. The second-order valence-electron chi connectivity index (χ2n) is 4.29. The van der Waals surface area contributed by atoms with Gasteiger partial charge >= 0.3 is 12.0 Å². The van der Waals surface area contributed by atoms with Gasteiger partial charge in [-0.15, -0.1) is 0 Å². The van der Waals surface area contributed by atoms with Crippen molar-refractivity contribution in [1.29, 1.82) is 0 Å². The summed E-state index contributed by atoms with van der Waals surface area (Å²) in [6.45, 7) is 1.72. The summed E-state index contributed by atoms with van der Waals surface area (Å²) < 4.78 is 0.968. The molecule has 0 saturated heterocycles. The van der Waals surface area contributed by atoms with Gasteiger partial charge in [0.25, 0.3) is 0 Å². The third-order valence-corrected chi connectivity index (χ3v) is 3.92. The molecule has 0 aliphatic carbocycles. The standard InChI is InChI=1S/C13H15N3O3S/c1-3-9(11(17)18)16(2)13(19)15-12-14-8-6-4-5-7-10(8)20-12/h4-7,9H,3H2,1-2H3,(H,17,18)(H,14,15,19). The first-order valence-corrected chi connectivity index (χ1v) is 6.96. The first-order valence-electron chi connectivity index (χ1n) is 6.15. The van der Waals surface area contributed by atoms with E-state index in [2.05, 4.69) is 10.3 Å². The van der Waals surface area contributed by atoms with E-state index in [0.717, 1.165) is 10.2 Å². The molecule has 2 aromatic rings. The maximum atomic E-state index is 12.0. The number of aromatic nitrogens is 1. The number of fused-ring (bicyclic) bond motifs is 1. The Hall–Kier alpha value is -2.15. The van der Waals surface area contributed by atoms with Crippen molar-refractivity contribution in [1.82, 2.24) is 9.88 Å². The van der Waals surface area contributed by atoms with Crippen molar-refractivity contribution in [2.75, 3.05) is 12.4 Å². The van der Waals surface area contributed by atoms with Crippen LogP contribution in [0.5, 0.6) is 0 Å². The van der Waals surface area contributed by atoms with Crippen molar-refractivity contribution in [3.63, 3.8) is 0 Å². The van der Waals surface area contributed by atoms with Crippen LogP contribution in [0.15, 0.2) is 24.3 Å². The Morgan fingerprint density at radius 2 is 2.15 bits per heavy atom. The SMILES string of the molecule is CCC(C(=O)O)N(C)C(=O)Nc1nc2ccccc2s1. The molecule has 1 heterocycles. The molecular weight excluding hydrogens is 278 g/mol. The van der Waals surface area contributed by atoms with Crippen molar-refractivity contribution >= 4 is 38.7 Å². The number of likely N-dealkylation sites (N-methyl/N-ethyl adjacent to an activating group) is 1. The lowest BCUT2D eigenvalue weighted by atomic mass is 10.2. The van der Waals surface area contributed by atoms with E-state index in [1.54, 1.807) is 6.92 Å². The van der Waals surface area contributed by atoms with Gasteiger partial charge in [-0.25, -0.2) is 14.6 Å². The van der Waals surface area contributed by atoms with E-state index in [9.17, 15) is 9.59 Å². The lowest BCUT2D eigenvalue weighted by Crippen LogP contribution is -2.44. The molecule has 1 unspecified atom stereocenters. The van der Waals surface area contributed by atoms with Crippen LogP contribution in [0.25, 0.3) is 10.2 Å². The third-order valence-electron chi connectivity index (χ3n) is 2.97. The minimum atomic E-state index is -1.02. The predicted molar refractivity (Wildman–Crippen MR) is 78.1 cm³/mol. The highest BCUT2D eigenvalue weighted by atomic mass is 32.1. The number of rotatable bonds is 4. The van der Waals surface area contributed by atoms with Crippen molar-refractivity contribution in [3.05, 3.63) is 24.3 Å². The van der Waals surface area contributed by atoms with E-state index in [0.29, 0.717) is 11.6 Å². The minimum absolute atomic E-state index is 0.346. The Morgan fingerprint density at radius 3 is 2.75 bits per heavy atom. The van der Waals surface area contributed by atoms with Crippen molar-refractivity contribution < 1.29 is 14.7 Å². The fourth-order valence-electron chi connectivity index (χ4n) is 1.86. The number of amides is 2. The maximum Gasteiger partial charge on any atom is 0.326 e. The molecule has 0 aliphatic heterocycles. The van der Waals surface area contributed by atoms with Crippen LogP contribution in [0.4, 0.5) is 9.93 Å². The van der Waals surface area contributed by atoms with Crippen LogP contribution < -0.4 is 5.32 Å². The Labute approximate surface area is 120 Å². The number of thiazole rings is 1. The number of aliphatic carboxylic acids is 1. The average molecular weight is 293 g/mol. The largest absolute Gasteiger partial charge is 0.480 e. The second kappa shape index (κ2) is 5.87. The number of urea groups is 1. The van der Waals surface area contributed by atoms with Gasteiger partial charge in [0, 0.05) is 7.05 Å². The first-order chi connectivity index (χ1) is 9.52. The quantitative estimate of drug-likeness (QED) is 0.907. The summed E-state index contributed by atoms with van der Waals surface area (Å²) in [6.07, 6.45) is 0.346. The van der Waals surface area contributed by atoms with E-state index in [1.807, 2.05) is 24.3 Å². The number of nitrogens with one attached hydrogen (secondary N) is 1. The number of anilines is 1. The average Bonchev–Trinajstić information content (AvgIpc) is 2.80. The smallest absolute Gasteiger partial charge is 0.326 e. The van der Waals surface area contributed by atoms with Crippen LogP contribution in [0, 0.1) is 0 Å². The fraction of sp³-hybridized carbons (Fsp3) is 0.308. The molecule has 20 heavy (non-hydrogen) atoms. The van der Waals surface area contributed by atoms with E-state index in [-0.39, 0.29) is 0 Å². The number of nitrogens with zero attached hydrogens (tertiary/aromatic N) is 2. The molecule has 0 radical (unpaired) electrons. The molecule has 0 bridgehead atoms. The first kappa shape index (κ1) is 14.3. The second-order valence-corrected chi connectivity index (χ2v) is 5.32. The number of carbonyl (C=O) groups is 2. The maximum absolute atomic E-state index is 12.0. The molecule has 2 amide bonds. The number of para-hydroxylation sites is 1. The van der Waals surface area contributed by atoms with Gasteiger partial charge in [-0.05, 0) is 18.6 Å². The van der Waals surface area contributed by atoms with Gasteiger partial charge < -0.3 is 10.0 Å². The zero-order valence-corrected chi connectivity index (χ0v) is 12.0. The summed E-state index contributed by atoms with van der Waals surface area (Å²) in [4.78, 5) is 28.5. The van der Waals surface area contributed by atoms with Gasteiger partial charge in [0.05, 0.1) is 10.2 Å². The van der Waals surface area contributed by atoms with Crippen LogP contribution in [-0.4, -0.2) is 40.1 Å². The molecule has 2 N–H and O–H groups in total. The molecular formula is C13H15N3O3S. The van der Waals surface area contributed by atoms with E-state index >= 15 is 0 Å². The topological polar surface area (TPSA) is 82.5 Å². The lowest BCUT2D eigenvalue weighted by molar-refractivity contribution is -0.141. The van der Waals surface area contributed by atoms with Gasteiger partial charge in [-0.3, -0.25) is 5.32 Å². The van der Waals surface area contributed by atoms with E-state index < -0.39 is 18.0 Å². The van der Waals surface area contributed by atoms with Gasteiger partial charge in [0.1, 0.15) is 6.04 Å². The van der Waals surface area contributed by atoms with Crippen molar-refractivity contribution in [2.24, 2.45) is 0 Å². The molecule has 1 aromatic heterocycles. The molecule has 0 fully saturated rings. The Kier molecular flexibility index (Phi) is 4.19. The zero-order valence-electron chi connectivity index (χ0n) is 11.2. The summed E-state index contributed by atoms with van der Waals surface area (Å²) in [5, 5.41) is 12.1. The van der Waals surface area contributed by atoms with E-state index in [4.69, 9.17) is 5.11 Å². The minimum Gasteiger partial charge on any atom is -0.480 e. The lowest BCUT2D eigenvalue weighted by Gasteiger charge is -2.23. The predicted octanol–water partition coefficient (Wildman–Crippen LogP) is 2.62. The summed E-state index contributed by atoms with van der Waals surface area (Å²) in [5.41, 5.74) is 0.806. The molecule has 7 heteroatoms. The van der Waals surface area contributed by atoms with Crippen LogP contribution in [0.3, 0.4) is 0 Å². The molecule has 106 valence electrons. The normalized spacial score (nSPS) is 12.1. The molecule has 1 aromatic carbocycles. The molecule has 6 nitrogen and oxygen atoms in total. The third kappa shape index (κ3) is 2.88. The Morgan fingerprint density at radius 1 is 1.45 bits per heavy atom. The van der Waals surface area contributed by atoms with Gasteiger partial charge in [0.2, 0.25) is 0 Å². The van der Waals surface area contributed by atoms with Crippen LogP contribution in [0.1, 0.15) is 13.3 Å². The van der Waals surface area contributed by atoms with Crippen molar-refractivity contribution in [3.8, 4) is 0 Å². The van der Waals surface area contributed by atoms with Crippen LogP contribution in [-0.2, 0) is 4.79 Å². The Bertz CT molecular complexity index is 608. The monoisotopic (exact) mass is 293 g/mol. The summed E-state index contributed by atoms with van der Waals surface area (Å²) >= 11 is 1.35. The molecule has 0 aliphatic rings. The number of hydrogen-bond donors (Lipinski definition) is 2. The molecule has 2 rings (SSSR count). The van der Waals surface area contributed by atoms with Crippen molar-refractivity contribution in [2.45, 2.75) is 19.4 Å². The summed E-state index contributed by atoms with van der Waals surface area (Å²) in [7, 11) is 1.46. The van der Waals surface area contributed by atoms with Gasteiger partial charge in [-0.2, -0.15) is 0 Å². The number of hydrogen-bond acceptors (Lipinski definition) is 4. The zero-order chi connectivity index (χ0) is 14.7. The molecule has 1 atom stereocenters. The number of carbonyl (C=O) groups excluding carboxylic acids is 1. The van der Waals surface area contributed by atoms with Crippen LogP contribution in [0.2, 0.25) is 0 Å². The highest BCUT2D eigenvalue weighted by Crippen LogP contribution is 2.25.